The Hall–Kier alpha value is -7.94. The van der Waals surface area contributed by atoms with E-state index in [-0.39, 0.29) is 0 Å². The van der Waals surface area contributed by atoms with Crippen molar-refractivity contribution < 1.29 is 4.42 Å². The van der Waals surface area contributed by atoms with Crippen molar-refractivity contribution in [3.63, 3.8) is 0 Å². The van der Waals surface area contributed by atoms with E-state index in [0.29, 0.717) is 23.0 Å². The molecule has 10 aromatic rings. The fourth-order valence-corrected chi connectivity index (χ4v) is 7.46. The molecule has 5 nitrogen and oxygen atoms in total. The van der Waals surface area contributed by atoms with E-state index >= 15 is 0 Å². The maximum Gasteiger partial charge on any atom is 0.164 e. The third-order valence-electron chi connectivity index (χ3n) is 10.4. The Kier molecular flexibility index (Phi) is 8.48. The van der Waals surface area contributed by atoms with Crippen LogP contribution in [-0.2, 0) is 0 Å². The van der Waals surface area contributed by atoms with Gasteiger partial charge in [-0.05, 0) is 80.9 Å². The molecule has 0 N–H and O–H groups in total. The van der Waals surface area contributed by atoms with Crippen LogP contribution in [0.1, 0.15) is 5.56 Å². The highest BCUT2D eigenvalue weighted by Crippen LogP contribution is 2.38. The summed E-state index contributed by atoms with van der Waals surface area (Å²) in [5.41, 5.74) is 13.7. The minimum absolute atomic E-state index is 0.552. The molecule has 8 aromatic carbocycles. The van der Waals surface area contributed by atoms with Crippen LogP contribution in [0.25, 0.3) is 101 Å². The van der Waals surface area contributed by atoms with Crippen molar-refractivity contribution in [1.29, 1.82) is 5.26 Å². The van der Waals surface area contributed by atoms with E-state index < -0.39 is 0 Å². The summed E-state index contributed by atoms with van der Waals surface area (Å²) in [6.45, 7) is 0. The van der Waals surface area contributed by atoms with Gasteiger partial charge in [-0.15, -0.1) is 0 Å². The number of hydrogen-bond donors (Lipinski definition) is 0. The van der Waals surface area contributed by atoms with Gasteiger partial charge in [0.25, 0.3) is 0 Å². The number of aromatic nitrogens is 3. The maximum absolute atomic E-state index is 9.25. The van der Waals surface area contributed by atoms with Gasteiger partial charge in [0.15, 0.2) is 17.5 Å². The Morgan fingerprint density at radius 3 is 1.40 bits per heavy atom. The van der Waals surface area contributed by atoms with Gasteiger partial charge in [0.1, 0.15) is 11.2 Å². The average molecular weight is 729 g/mol. The number of fused-ring (bicyclic) bond motifs is 3. The summed E-state index contributed by atoms with van der Waals surface area (Å²) in [7, 11) is 0. The number of nitrogens with zero attached hydrogens (tertiary/aromatic N) is 4. The zero-order chi connectivity index (χ0) is 38.1. The first kappa shape index (κ1) is 33.6. The first-order valence-corrected chi connectivity index (χ1v) is 18.8. The molecule has 266 valence electrons. The topological polar surface area (TPSA) is 75.6 Å². The van der Waals surface area contributed by atoms with Gasteiger partial charge >= 0.3 is 0 Å². The maximum atomic E-state index is 9.25. The second-order valence-electron chi connectivity index (χ2n) is 14.0. The average Bonchev–Trinajstić information content (AvgIpc) is 3.68. The van der Waals surface area contributed by atoms with E-state index in [1.807, 2.05) is 66.7 Å². The van der Waals surface area contributed by atoms with Crippen LogP contribution in [0.3, 0.4) is 0 Å². The monoisotopic (exact) mass is 728 g/mol. The van der Waals surface area contributed by atoms with Gasteiger partial charge in [-0.3, -0.25) is 0 Å². The highest BCUT2D eigenvalue weighted by molar-refractivity contribution is 6.13. The van der Waals surface area contributed by atoms with Gasteiger partial charge in [0.05, 0.1) is 11.6 Å². The third-order valence-corrected chi connectivity index (χ3v) is 10.4. The molecule has 2 heterocycles. The molecule has 0 unspecified atom stereocenters. The zero-order valence-corrected chi connectivity index (χ0v) is 30.7. The second kappa shape index (κ2) is 14.4. The predicted octanol–water partition coefficient (Wildman–Crippen LogP) is 13.3. The quantitative estimate of drug-likeness (QED) is 0.163. The van der Waals surface area contributed by atoms with Gasteiger partial charge in [-0.25, -0.2) is 15.0 Å². The summed E-state index contributed by atoms with van der Waals surface area (Å²) in [4.78, 5) is 15.2. The number of nitriles is 1. The largest absolute Gasteiger partial charge is 0.456 e. The van der Waals surface area contributed by atoms with Crippen molar-refractivity contribution in [3.8, 4) is 84.7 Å². The Morgan fingerprint density at radius 1 is 0.351 bits per heavy atom. The number of rotatable bonds is 7. The first-order chi connectivity index (χ1) is 28.2. The van der Waals surface area contributed by atoms with E-state index in [0.717, 1.165) is 72.0 Å². The third kappa shape index (κ3) is 6.52. The Labute approximate surface area is 329 Å². The van der Waals surface area contributed by atoms with E-state index in [1.54, 1.807) is 0 Å². The Balaban J connectivity index is 1.06. The SMILES string of the molecule is N#Cc1ccc(-c2ccc(-c3nc(-c4ccc(-c5cccc(-c6ccccc6)c5)cc4)nc(-c4ccc5c(c4)oc4cccc(-c6ccccc6)c45)n3)cc2)cc1. The Bertz CT molecular complexity index is 3090. The van der Waals surface area contributed by atoms with Crippen LogP contribution in [0.5, 0.6) is 0 Å². The van der Waals surface area contributed by atoms with Gasteiger partial charge < -0.3 is 4.42 Å². The molecule has 0 saturated carbocycles. The zero-order valence-electron chi connectivity index (χ0n) is 30.7. The second-order valence-corrected chi connectivity index (χ2v) is 14.0. The molecule has 0 saturated heterocycles. The molecule has 0 aliphatic rings. The van der Waals surface area contributed by atoms with E-state index in [4.69, 9.17) is 19.4 Å². The fraction of sp³-hybridized carbons (Fsp3) is 0. The van der Waals surface area contributed by atoms with Crippen molar-refractivity contribution in [1.82, 2.24) is 15.0 Å². The molecular formula is C52H32N4O. The van der Waals surface area contributed by atoms with Gasteiger partial charge in [-0.1, -0.05) is 158 Å². The van der Waals surface area contributed by atoms with Crippen LogP contribution < -0.4 is 0 Å². The fourth-order valence-electron chi connectivity index (χ4n) is 7.46. The molecular weight excluding hydrogens is 697 g/mol. The lowest BCUT2D eigenvalue weighted by Crippen LogP contribution is -2.00. The molecule has 0 amide bonds. The molecule has 0 spiro atoms. The first-order valence-electron chi connectivity index (χ1n) is 18.8. The number of furan rings is 1. The van der Waals surface area contributed by atoms with Crippen LogP contribution in [0.4, 0.5) is 0 Å². The minimum Gasteiger partial charge on any atom is -0.456 e. The molecule has 2 aromatic heterocycles. The van der Waals surface area contributed by atoms with Crippen molar-refractivity contribution in [3.05, 3.63) is 200 Å². The summed E-state index contributed by atoms with van der Waals surface area (Å²) >= 11 is 0. The summed E-state index contributed by atoms with van der Waals surface area (Å²) in [5, 5.41) is 11.4. The van der Waals surface area contributed by atoms with Gasteiger partial charge in [-0.2, -0.15) is 5.26 Å². The van der Waals surface area contributed by atoms with Crippen LogP contribution in [0, 0.1) is 11.3 Å². The molecule has 0 atom stereocenters. The van der Waals surface area contributed by atoms with Crippen molar-refractivity contribution in [2.45, 2.75) is 0 Å². The molecule has 0 aliphatic carbocycles. The highest BCUT2D eigenvalue weighted by Gasteiger charge is 2.17. The lowest BCUT2D eigenvalue weighted by molar-refractivity contribution is 0.669. The molecule has 0 bridgehead atoms. The summed E-state index contributed by atoms with van der Waals surface area (Å²) in [6.07, 6.45) is 0. The minimum atomic E-state index is 0.552. The summed E-state index contributed by atoms with van der Waals surface area (Å²) in [6, 6.07) is 68.2. The lowest BCUT2D eigenvalue weighted by atomic mass is 9.98. The van der Waals surface area contributed by atoms with Crippen LogP contribution in [0.15, 0.2) is 199 Å². The summed E-state index contributed by atoms with van der Waals surface area (Å²) in [5.74, 6) is 1.69. The molecule has 5 heteroatoms. The summed E-state index contributed by atoms with van der Waals surface area (Å²) < 4.78 is 6.48. The van der Waals surface area contributed by atoms with Gasteiger partial charge in [0.2, 0.25) is 0 Å². The Morgan fingerprint density at radius 2 is 0.807 bits per heavy atom. The van der Waals surface area contributed by atoms with Crippen molar-refractivity contribution in [2.75, 3.05) is 0 Å². The van der Waals surface area contributed by atoms with E-state index in [9.17, 15) is 5.26 Å². The molecule has 0 fully saturated rings. The van der Waals surface area contributed by atoms with E-state index in [1.165, 1.54) is 11.1 Å². The van der Waals surface area contributed by atoms with Crippen molar-refractivity contribution in [2.24, 2.45) is 0 Å². The van der Waals surface area contributed by atoms with Crippen LogP contribution in [0.2, 0.25) is 0 Å². The highest BCUT2D eigenvalue weighted by atomic mass is 16.3. The molecule has 0 radical (unpaired) electrons. The predicted molar refractivity (Wildman–Crippen MR) is 230 cm³/mol. The standard InChI is InChI=1S/C52H32N4O/c53-33-34-17-19-36(20-18-34)37-21-25-40(26-22-37)50-54-51(41-27-23-38(24-28-41)43-14-7-13-42(31-43)35-9-3-1-4-10-35)56-52(55-50)44-29-30-46-48(32-44)57-47-16-8-15-45(49(46)47)39-11-5-2-6-12-39/h1-32H. The molecule has 57 heavy (non-hydrogen) atoms. The van der Waals surface area contributed by atoms with Crippen LogP contribution in [-0.4, -0.2) is 15.0 Å². The smallest absolute Gasteiger partial charge is 0.164 e. The van der Waals surface area contributed by atoms with E-state index in [2.05, 4.69) is 133 Å². The molecule has 10 rings (SSSR count). The van der Waals surface area contributed by atoms with Crippen LogP contribution >= 0.6 is 0 Å². The lowest BCUT2D eigenvalue weighted by Gasteiger charge is -2.10. The number of benzene rings is 8. The normalized spacial score (nSPS) is 11.1. The number of hydrogen-bond acceptors (Lipinski definition) is 5. The van der Waals surface area contributed by atoms with Gasteiger partial charge in [0, 0.05) is 27.5 Å². The van der Waals surface area contributed by atoms with Crippen molar-refractivity contribution >= 4 is 21.9 Å². The molecule has 0 aliphatic heterocycles.